The minimum atomic E-state index is -1.11. The third-order valence-corrected chi connectivity index (χ3v) is 2.93. The summed E-state index contributed by atoms with van der Waals surface area (Å²) in [5.41, 5.74) is 0.453. The lowest BCUT2D eigenvalue weighted by Crippen LogP contribution is -2.44. The van der Waals surface area contributed by atoms with Crippen LogP contribution in [0.3, 0.4) is 0 Å². The summed E-state index contributed by atoms with van der Waals surface area (Å²) in [6, 6.07) is 5.66. The Morgan fingerprint density at radius 1 is 1.35 bits per heavy atom. The molecule has 0 unspecified atom stereocenters. The molecule has 0 aliphatic carbocycles. The summed E-state index contributed by atoms with van der Waals surface area (Å²) in [5.74, 6) is -0.432. The van der Waals surface area contributed by atoms with Gasteiger partial charge in [0.1, 0.15) is 18.0 Å². The van der Waals surface area contributed by atoms with Gasteiger partial charge in [-0.2, -0.15) is 0 Å². The first-order chi connectivity index (χ1) is 8.11. The van der Waals surface area contributed by atoms with E-state index in [0.29, 0.717) is 5.56 Å². The Kier molecular flexibility index (Phi) is 3.73. The predicted molar refractivity (Wildman–Crippen MR) is 57.7 cm³/mol. The van der Waals surface area contributed by atoms with Gasteiger partial charge in [-0.3, -0.25) is 0 Å². The maximum absolute atomic E-state index is 13.1. The Labute approximate surface area is 98.3 Å². The first-order valence-electron chi connectivity index (χ1n) is 5.49. The van der Waals surface area contributed by atoms with Crippen LogP contribution >= 0.6 is 0 Å². The molecule has 17 heavy (non-hydrogen) atoms. The van der Waals surface area contributed by atoms with Crippen molar-refractivity contribution in [3.8, 4) is 0 Å². The van der Waals surface area contributed by atoms with Gasteiger partial charge in [0.15, 0.2) is 0 Å². The van der Waals surface area contributed by atoms with Crippen LogP contribution in [0.2, 0.25) is 0 Å². The first-order valence-corrected chi connectivity index (χ1v) is 5.49. The fourth-order valence-electron chi connectivity index (χ4n) is 2.03. The quantitative estimate of drug-likeness (QED) is 0.700. The van der Waals surface area contributed by atoms with Gasteiger partial charge in [-0.1, -0.05) is 12.1 Å². The monoisotopic (exact) mass is 242 g/mol. The summed E-state index contributed by atoms with van der Waals surface area (Å²) in [4.78, 5) is 0. The Morgan fingerprint density at radius 2 is 2.12 bits per heavy atom. The number of halogens is 1. The zero-order valence-corrected chi connectivity index (χ0v) is 9.16. The number of rotatable bonds is 2. The van der Waals surface area contributed by atoms with E-state index in [1.807, 2.05) is 0 Å². The van der Waals surface area contributed by atoms with E-state index in [2.05, 4.69) is 0 Å². The van der Waals surface area contributed by atoms with E-state index in [0.717, 1.165) is 0 Å². The Balaban J connectivity index is 2.23. The summed E-state index contributed by atoms with van der Waals surface area (Å²) >= 11 is 0. The molecule has 1 aliphatic rings. The SMILES string of the molecule is OC[C@@H]1C[C@H](O)[C@H](O)[C@@H](c2cccc(F)c2)O1. The second-order valence-electron chi connectivity index (χ2n) is 4.21. The van der Waals surface area contributed by atoms with Crippen molar-refractivity contribution in [2.45, 2.75) is 30.8 Å². The molecule has 0 amide bonds. The fraction of sp³-hybridized carbons (Fsp3) is 0.500. The van der Waals surface area contributed by atoms with Crippen molar-refractivity contribution < 1.29 is 24.4 Å². The maximum Gasteiger partial charge on any atom is 0.123 e. The number of hydrogen-bond acceptors (Lipinski definition) is 4. The van der Waals surface area contributed by atoms with Crippen LogP contribution in [0.15, 0.2) is 24.3 Å². The second kappa shape index (κ2) is 5.10. The summed E-state index contributed by atoms with van der Waals surface area (Å²) in [6.07, 6.45) is -3.27. The smallest absolute Gasteiger partial charge is 0.123 e. The number of hydrogen-bond donors (Lipinski definition) is 3. The number of ether oxygens (including phenoxy) is 1. The van der Waals surface area contributed by atoms with Gasteiger partial charge in [0.2, 0.25) is 0 Å². The molecule has 1 fully saturated rings. The zero-order chi connectivity index (χ0) is 12.4. The van der Waals surface area contributed by atoms with Crippen LogP contribution in [0.1, 0.15) is 18.1 Å². The van der Waals surface area contributed by atoms with Crippen molar-refractivity contribution in [2.24, 2.45) is 0 Å². The average Bonchev–Trinajstić information content (AvgIpc) is 2.32. The molecule has 0 radical (unpaired) electrons. The van der Waals surface area contributed by atoms with Crippen molar-refractivity contribution >= 4 is 0 Å². The molecule has 0 spiro atoms. The van der Waals surface area contributed by atoms with E-state index >= 15 is 0 Å². The average molecular weight is 242 g/mol. The molecule has 0 saturated carbocycles. The van der Waals surface area contributed by atoms with Crippen LogP contribution in [-0.2, 0) is 4.74 Å². The van der Waals surface area contributed by atoms with Gasteiger partial charge in [0.05, 0.1) is 18.8 Å². The van der Waals surface area contributed by atoms with Gasteiger partial charge in [-0.15, -0.1) is 0 Å². The second-order valence-corrected chi connectivity index (χ2v) is 4.21. The van der Waals surface area contributed by atoms with Crippen molar-refractivity contribution in [1.82, 2.24) is 0 Å². The Morgan fingerprint density at radius 3 is 2.76 bits per heavy atom. The highest BCUT2D eigenvalue weighted by Gasteiger charge is 2.37. The maximum atomic E-state index is 13.1. The Hall–Kier alpha value is -1.01. The highest BCUT2D eigenvalue weighted by Crippen LogP contribution is 2.32. The molecule has 4 atom stereocenters. The van der Waals surface area contributed by atoms with E-state index in [1.165, 1.54) is 18.2 Å². The van der Waals surface area contributed by atoms with Gasteiger partial charge < -0.3 is 20.1 Å². The van der Waals surface area contributed by atoms with Crippen LogP contribution in [0.25, 0.3) is 0 Å². The first kappa shape index (κ1) is 12.4. The minimum Gasteiger partial charge on any atom is -0.394 e. The molecule has 1 aliphatic heterocycles. The Bertz CT molecular complexity index is 385. The molecule has 1 saturated heterocycles. The third kappa shape index (κ3) is 2.63. The summed E-state index contributed by atoms with van der Waals surface area (Å²) in [6.45, 7) is -0.240. The lowest BCUT2D eigenvalue weighted by atomic mass is 9.93. The van der Waals surface area contributed by atoms with Gasteiger partial charge in [-0.25, -0.2) is 4.39 Å². The molecule has 5 heteroatoms. The topological polar surface area (TPSA) is 69.9 Å². The lowest BCUT2D eigenvalue weighted by molar-refractivity contribution is -0.179. The molecule has 4 nitrogen and oxygen atoms in total. The third-order valence-electron chi connectivity index (χ3n) is 2.93. The van der Waals surface area contributed by atoms with Crippen molar-refractivity contribution in [3.63, 3.8) is 0 Å². The van der Waals surface area contributed by atoms with Crippen molar-refractivity contribution in [2.75, 3.05) is 6.61 Å². The predicted octanol–water partition coefficient (Wildman–Crippen LogP) is 0.370. The standard InChI is InChI=1S/C12H15FO4/c13-8-3-1-2-7(4-8)12-11(16)10(15)5-9(6-14)17-12/h1-4,9-12,14-16H,5-6H2/t9-,10-,11-,12+/m0/s1. The number of aliphatic hydroxyl groups is 3. The van der Waals surface area contributed by atoms with E-state index in [9.17, 15) is 14.6 Å². The van der Waals surface area contributed by atoms with Gasteiger partial charge in [0, 0.05) is 6.42 Å². The van der Waals surface area contributed by atoms with Crippen molar-refractivity contribution in [1.29, 1.82) is 0 Å². The minimum absolute atomic E-state index is 0.170. The van der Waals surface area contributed by atoms with E-state index in [4.69, 9.17) is 9.84 Å². The molecule has 2 rings (SSSR count). The molecule has 1 heterocycles. The number of aliphatic hydroxyl groups excluding tert-OH is 3. The van der Waals surface area contributed by atoms with E-state index in [-0.39, 0.29) is 13.0 Å². The van der Waals surface area contributed by atoms with Crippen LogP contribution in [0, 0.1) is 5.82 Å². The van der Waals surface area contributed by atoms with Gasteiger partial charge >= 0.3 is 0 Å². The normalized spacial score (nSPS) is 33.6. The van der Waals surface area contributed by atoms with Crippen LogP contribution < -0.4 is 0 Å². The fourth-order valence-corrected chi connectivity index (χ4v) is 2.03. The van der Waals surface area contributed by atoms with Crippen LogP contribution in [0.4, 0.5) is 4.39 Å². The summed E-state index contributed by atoms with van der Waals surface area (Å²) in [5, 5.41) is 28.5. The molecule has 0 bridgehead atoms. The van der Waals surface area contributed by atoms with Crippen LogP contribution in [-0.4, -0.2) is 40.2 Å². The summed E-state index contributed by atoms with van der Waals surface area (Å²) in [7, 11) is 0. The van der Waals surface area contributed by atoms with Gasteiger partial charge in [-0.05, 0) is 17.7 Å². The molecular weight excluding hydrogens is 227 g/mol. The molecular formula is C12H15FO4. The molecule has 3 N–H and O–H groups in total. The molecule has 94 valence electrons. The van der Waals surface area contributed by atoms with Gasteiger partial charge in [0.25, 0.3) is 0 Å². The van der Waals surface area contributed by atoms with Crippen LogP contribution in [0.5, 0.6) is 0 Å². The zero-order valence-electron chi connectivity index (χ0n) is 9.16. The lowest BCUT2D eigenvalue weighted by Gasteiger charge is -2.36. The molecule has 1 aromatic rings. The number of benzene rings is 1. The highest BCUT2D eigenvalue weighted by molar-refractivity contribution is 5.21. The van der Waals surface area contributed by atoms with Crippen molar-refractivity contribution in [3.05, 3.63) is 35.6 Å². The largest absolute Gasteiger partial charge is 0.394 e. The molecule has 0 aromatic heterocycles. The van der Waals surface area contributed by atoms with E-state index < -0.39 is 30.2 Å². The molecule has 1 aromatic carbocycles. The van der Waals surface area contributed by atoms with E-state index in [1.54, 1.807) is 6.07 Å². The summed E-state index contributed by atoms with van der Waals surface area (Å²) < 4.78 is 18.5. The highest BCUT2D eigenvalue weighted by atomic mass is 19.1.